The zero-order valence-corrected chi connectivity index (χ0v) is 14.4. The van der Waals surface area contributed by atoms with Crippen LogP contribution in [-0.4, -0.2) is 30.1 Å². The van der Waals surface area contributed by atoms with Crippen LogP contribution in [0.3, 0.4) is 0 Å². The van der Waals surface area contributed by atoms with Gasteiger partial charge in [-0.25, -0.2) is 0 Å². The highest BCUT2D eigenvalue weighted by molar-refractivity contribution is 9.10. The van der Waals surface area contributed by atoms with Crippen LogP contribution in [0.25, 0.3) is 0 Å². The van der Waals surface area contributed by atoms with Gasteiger partial charge in [0.05, 0.1) is 0 Å². The van der Waals surface area contributed by atoms with Crippen molar-refractivity contribution < 1.29 is 4.79 Å². The summed E-state index contributed by atoms with van der Waals surface area (Å²) in [6.07, 6.45) is 3.75. The third kappa shape index (κ3) is 5.45. The second-order valence-electron chi connectivity index (χ2n) is 5.65. The molecule has 0 atom stereocenters. The van der Waals surface area contributed by atoms with Gasteiger partial charge in [-0.3, -0.25) is 9.59 Å². The van der Waals surface area contributed by atoms with Crippen molar-refractivity contribution in [2.24, 2.45) is 5.41 Å². The summed E-state index contributed by atoms with van der Waals surface area (Å²) in [6.45, 7) is 4.91. The van der Waals surface area contributed by atoms with Crippen LogP contribution >= 0.6 is 28.3 Å². The third-order valence-corrected chi connectivity index (χ3v) is 4.25. The monoisotopic (exact) mass is 377 g/mol. The Balaban J connectivity index is 0.00000220. The predicted octanol–water partition coefficient (Wildman–Crippen LogP) is 1.54. The standard InChI is InChI=1S/C14H20BrN3O2.ClH/c1-14(4-6-16-7-5-14)10-17-12(19)9-18-8-11(15)2-3-13(18)20;/h2-3,8,16H,4-7,9-10H2,1H3,(H,17,19);1H. The van der Waals surface area contributed by atoms with Crippen molar-refractivity contribution in [3.8, 4) is 0 Å². The van der Waals surface area contributed by atoms with Crippen LogP contribution in [0.5, 0.6) is 0 Å². The zero-order chi connectivity index (χ0) is 14.6. The van der Waals surface area contributed by atoms with E-state index in [0.29, 0.717) is 6.54 Å². The van der Waals surface area contributed by atoms with Crippen LogP contribution in [0.2, 0.25) is 0 Å². The van der Waals surface area contributed by atoms with Gasteiger partial charge in [0.2, 0.25) is 5.91 Å². The van der Waals surface area contributed by atoms with Crippen LogP contribution in [-0.2, 0) is 11.3 Å². The summed E-state index contributed by atoms with van der Waals surface area (Å²) < 4.78 is 2.19. The fraction of sp³-hybridized carbons (Fsp3) is 0.571. The van der Waals surface area contributed by atoms with Crippen molar-refractivity contribution in [1.29, 1.82) is 0 Å². The summed E-state index contributed by atoms with van der Waals surface area (Å²) in [5.74, 6) is -0.120. The number of piperidine rings is 1. The van der Waals surface area contributed by atoms with Crippen molar-refractivity contribution >= 4 is 34.2 Å². The molecule has 1 aliphatic heterocycles. The van der Waals surface area contributed by atoms with Gasteiger partial charge in [0, 0.05) is 23.3 Å². The molecule has 0 saturated carbocycles. The minimum Gasteiger partial charge on any atom is -0.354 e. The summed E-state index contributed by atoms with van der Waals surface area (Å²) >= 11 is 3.30. The van der Waals surface area contributed by atoms with E-state index in [1.807, 2.05) is 0 Å². The molecule has 21 heavy (non-hydrogen) atoms. The van der Waals surface area contributed by atoms with Gasteiger partial charge in [-0.05, 0) is 53.3 Å². The van der Waals surface area contributed by atoms with Crippen molar-refractivity contribution in [2.75, 3.05) is 19.6 Å². The second kappa shape index (κ2) is 7.96. The van der Waals surface area contributed by atoms with Crippen molar-refractivity contribution in [1.82, 2.24) is 15.2 Å². The number of hydrogen-bond donors (Lipinski definition) is 2. The Kier molecular flexibility index (Phi) is 6.90. The predicted molar refractivity (Wildman–Crippen MR) is 88.9 cm³/mol. The van der Waals surface area contributed by atoms with Gasteiger partial charge < -0.3 is 15.2 Å². The molecule has 0 aliphatic carbocycles. The molecule has 0 aromatic carbocycles. The van der Waals surface area contributed by atoms with E-state index in [1.165, 1.54) is 10.6 Å². The van der Waals surface area contributed by atoms with E-state index in [0.717, 1.165) is 30.4 Å². The molecule has 1 aliphatic rings. The van der Waals surface area contributed by atoms with Gasteiger partial charge in [-0.15, -0.1) is 12.4 Å². The van der Waals surface area contributed by atoms with E-state index in [1.54, 1.807) is 12.3 Å². The fourth-order valence-corrected chi connectivity index (χ4v) is 2.73. The molecule has 1 amide bonds. The average molecular weight is 379 g/mol. The van der Waals surface area contributed by atoms with E-state index in [4.69, 9.17) is 0 Å². The first-order chi connectivity index (χ1) is 9.48. The van der Waals surface area contributed by atoms with Crippen LogP contribution in [0.4, 0.5) is 0 Å². The highest BCUT2D eigenvalue weighted by atomic mass is 79.9. The highest BCUT2D eigenvalue weighted by Crippen LogP contribution is 2.26. The van der Waals surface area contributed by atoms with Crippen LogP contribution in [0.15, 0.2) is 27.6 Å². The lowest BCUT2D eigenvalue weighted by Gasteiger charge is -2.34. The highest BCUT2D eigenvalue weighted by Gasteiger charge is 2.26. The molecule has 2 heterocycles. The second-order valence-corrected chi connectivity index (χ2v) is 6.57. The number of pyridine rings is 1. The summed E-state index contributed by atoms with van der Waals surface area (Å²) in [5.41, 5.74) is -0.0141. The average Bonchev–Trinajstić information content (AvgIpc) is 2.42. The number of nitrogens with one attached hydrogen (secondary N) is 2. The van der Waals surface area contributed by atoms with Gasteiger partial charge in [0.15, 0.2) is 0 Å². The summed E-state index contributed by atoms with van der Waals surface area (Å²) in [5, 5.41) is 6.26. The maximum absolute atomic E-state index is 12.0. The molecular formula is C14H21BrClN3O2. The van der Waals surface area contributed by atoms with E-state index in [2.05, 4.69) is 33.5 Å². The molecular weight excluding hydrogens is 358 g/mol. The summed E-state index contributed by atoms with van der Waals surface area (Å²) in [4.78, 5) is 23.6. The zero-order valence-electron chi connectivity index (χ0n) is 12.0. The van der Waals surface area contributed by atoms with Gasteiger partial charge in [-0.1, -0.05) is 6.92 Å². The molecule has 0 spiro atoms. The van der Waals surface area contributed by atoms with E-state index in [9.17, 15) is 9.59 Å². The number of hydrogen-bond acceptors (Lipinski definition) is 3. The number of carbonyl (C=O) groups excluding carboxylic acids is 1. The van der Waals surface area contributed by atoms with Crippen LogP contribution < -0.4 is 16.2 Å². The molecule has 2 rings (SSSR count). The first-order valence-corrected chi connectivity index (χ1v) is 7.61. The summed E-state index contributed by atoms with van der Waals surface area (Å²) in [7, 11) is 0. The molecule has 2 N–H and O–H groups in total. The number of carbonyl (C=O) groups is 1. The lowest BCUT2D eigenvalue weighted by atomic mass is 9.81. The molecule has 5 nitrogen and oxygen atoms in total. The van der Waals surface area contributed by atoms with Crippen LogP contribution in [0, 0.1) is 5.41 Å². The molecule has 0 radical (unpaired) electrons. The Morgan fingerprint density at radius 3 is 2.76 bits per heavy atom. The Labute approximate surface area is 139 Å². The maximum atomic E-state index is 12.0. The SMILES string of the molecule is CC1(CNC(=O)Cn2cc(Br)ccc2=O)CCNCC1.Cl. The Bertz CT molecular complexity index is 541. The lowest BCUT2D eigenvalue weighted by molar-refractivity contribution is -0.122. The minimum absolute atomic E-state index is 0. The molecule has 1 fully saturated rings. The number of rotatable bonds is 4. The van der Waals surface area contributed by atoms with Crippen molar-refractivity contribution in [2.45, 2.75) is 26.3 Å². The Hall–Kier alpha value is -0.850. The summed E-state index contributed by atoms with van der Waals surface area (Å²) in [6, 6.07) is 3.12. The molecule has 7 heteroatoms. The largest absolute Gasteiger partial charge is 0.354 e. The molecule has 1 saturated heterocycles. The van der Waals surface area contributed by atoms with Gasteiger partial charge in [0.25, 0.3) is 5.56 Å². The molecule has 1 aromatic rings. The Morgan fingerprint density at radius 2 is 2.10 bits per heavy atom. The van der Waals surface area contributed by atoms with Gasteiger partial charge >= 0.3 is 0 Å². The van der Waals surface area contributed by atoms with Crippen LogP contribution in [0.1, 0.15) is 19.8 Å². The quantitative estimate of drug-likeness (QED) is 0.835. The van der Waals surface area contributed by atoms with E-state index < -0.39 is 0 Å². The maximum Gasteiger partial charge on any atom is 0.251 e. The molecule has 0 bridgehead atoms. The topological polar surface area (TPSA) is 63.1 Å². The first-order valence-electron chi connectivity index (χ1n) is 6.82. The number of amides is 1. The normalized spacial score (nSPS) is 16.9. The smallest absolute Gasteiger partial charge is 0.251 e. The van der Waals surface area contributed by atoms with Gasteiger partial charge in [0.1, 0.15) is 6.54 Å². The van der Waals surface area contributed by atoms with Crippen molar-refractivity contribution in [3.05, 3.63) is 33.2 Å². The molecule has 0 unspecified atom stereocenters. The third-order valence-electron chi connectivity index (χ3n) is 3.78. The number of nitrogens with zero attached hydrogens (tertiary/aromatic N) is 1. The molecule has 118 valence electrons. The Morgan fingerprint density at radius 1 is 1.43 bits per heavy atom. The van der Waals surface area contributed by atoms with E-state index >= 15 is 0 Å². The first kappa shape index (κ1) is 18.2. The number of halogens is 2. The lowest BCUT2D eigenvalue weighted by Crippen LogP contribution is -2.44. The van der Waals surface area contributed by atoms with E-state index in [-0.39, 0.29) is 35.8 Å². The van der Waals surface area contributed by atoms with Gasteiger partial charge in [-0.2, -0.15) is 0 Å². The minimum atomic E-state index is -0.170. The fourth-order valence-electron chi connectivity index (χ4n) is 2.36. The molecule has 1 aromatic heterocycles. The van der Waals surface area contributed by atoms with Crippen molar-refractivity contribution in [3.63, 3.8) is 0 Å². The number of aromatic nitrogens is 1.